The molecule has 3 aromatic carbocycles. The number of aromatic nitrogens is 2. The number of carbonyl (C=O) groups is 2. The molecular formula is C26H25N5O5. The minimum absolute atomic E-state index is 0.197. The third-order valence-electron chi connectivity index (χ3n) is 5.31. The number of benzene rings is 3. The van der Waals surface area contributed by atoms with Crippen LogP contribution in [0.25, 0.3) is 10.9 Å². The minimum atomic E-state index is -0.428. The van der Waals surface area contributed by atoms with Gasteiger partial charge in [0.25, 0.3) is 17.4 Å². The Labute approximate surface area is 206 Å². The Morgan fingerprint density at radius 3 is 2.50 bits per heavy atom. The quantitative estimate of drug-likeness (QED) is 0.310. The van der Waals surface area contributed by atoms with Crippen molar-refractivity contribution in [3.8, 4) is 11.5 Å². The monoisotopic (exact) mass is 487 g/mol. The number of carbonyl (C=O) groups excluding carboxylic acids is 2. The van der Waals surface area contributed by atoms with E-state index in [4.69, 9.17) is 9.47 Å². The van der Waals surface area contributed by atoms with Gasteiger partial charge in [-0.15, -0.1) is 0 Å². The van der Waals surface area contributed by atoms with Crippen molar-refractivity contribution < 1.29 is 19.1 Å². The lowest BCUT2D eigenvalue weighted by molar-refractivity contribution is -0.118. The van der Waals surface area contributed by atoms with Crippen molar-refractivity contribution in [2.24, 2.45) is 0 Å². The molecule has 0 aliphatic rings. The molecule has 0 saturated carbocycles. The number of amides is 2. The van der Waals surface area contributed by atoms with Crippen molar-refractivity contribution in [3.63, 3.8) is 0 Å². The zero-order valence-electron chi connectivity index (χ0n) is 19.8. The van der Waals surface area contributed by atoms with Gasteiger partial charge in [-0.05, 0) is 55.5 Å². The summed E-state index contributed by atoms with van der Waals surface area (Å²) in [6.07, 6.45) is 0. The van der Waals surface area contributed by atoms with Gasteiger partial charge in [-0.2, -0.15) is 0 Å². The Bertz CT molecular complexity index is 1450. The Hall–Kier alpha value is -4.86. The summed E-state index contributed by atoms with van der Waals surface area (Å²) in [5.74, 6) is 0.529. The summed E-state index contributed by atoms with van der Waals surface area (Å²) in [6.45, 7) is 2.00. The molecule has 10 nitrogen and oxygen atoms in total. The SMILES string of the molecule is CCn1c(NNC(=O)c2ccc(OCC(=O)Nc3cccc(OC)c3)cc2)nc2ccccc2c1=O. The molecule has 184 valence electrons. The van der Waals surface area contributed by atoms with Crippen molar-refractivity contribution in [2.75, 3.05) is 24.5 Å². The number of methoxy groups -OCH3 is 1. The first-order chi connectivity index (χ1) is 17.5. The number of hydrogen-bond acceptors (Lipinski definition) is 7. The van der Waals surface area contributed by atoms with Gasteiger partial charge in [0.05, 0.1) is 18.0 Å². The summed E-state index contributed by atoms with van der Waals surface area (Å²) in [6, 6.07) is 20.3. The average Bonchev–Trinajstić information content (AvgIpc) is 2.91. The summed E-state index contributed by atoms with van der Waals surface area (Å²) in [4.78, 5) is 41.9. The van der Waals surface area contributed by atoms with E-state index in [0.29, 0.717) is 40.2 Å². The molecule has 10 heteroatoms. The first-order valence-electron chi connectivity index (χ1n) is 11.2. The van der Waals surface area contributed by atoms with Gasteiger partial charge < -0.3 is 14.8 Å². The van der Waals surface area contributed by atoms with Crippen LogP contribution in [0.15, 0.2) is 77.6 Å². The lowest BCUT2D eigenvalue weighted by Crippen LogP contribution is -2.34. The van der Waals surface area contributed by atoms with Gasteiger partial charge in [-0.25, -0.2) is 4.98 Å². The van der Waals surface area contributed by atoms with Gasteiger partial charge in [0.2, 0.25) is 5.95 Å². The normalized spacial score (nSPS) is 10.5. The van der Waals surface area contributed by atoms with Gasteiger partial charge in [-0.1, -0.05) is 18.2 Å². The van der Waals surface area contributed by atoms with E-state index in [1.54, 1.807) is 79.9 Å². The molecule has 0 aliphatic heterocycles. The third kappa shape index (κ3) is 5.61. The van der Waals surface area contributed by atoms with Crippen LogP contribution in [-0.2, 0) is 11.3 Å². The number of para-hydroxylation sites is 1. The lowest BCUT2D eigenvalue weighted by atomic mass is 10.2. The number of fused-ring (bicyclic) bond motifs is 1. The molecule has 0 atom stereocenters. The highest BCUT2D eigenvalue weighted by atomic mass is 16.5. The summed E-state index contributed by atoms with van der Waals surface area (Å²) < 4.78 is 12.1. The molecule has 36 heavy (non-hydrogen) atoms. The number of ether oxygens (including phenoxy) is 2. The van der Waals surface area contributed by atoms with Crippen LogP contribution < -0.4 is 31.2 Å². The average molecular weight is 488 g/mol. The zero-order valence-corrected chi connectivity index (χ0v) is 19.8. The fraction of sp³-hybridized carbons (Fsp3) is 0.154. The van der Waals surface area contributed by atoms with Crippen LogP contribution in [0.4, 0.5) is 11.6 Å². The van der Waals surface area contributed by atoms with Crippen molar-refractivity contribution >= 4 is 34.4 Å². The van der Waals surface area contributed by atoms with E-state index in [1.807, 2.05) is 6.92 Å². The molecule has 0 unspecified atom stereocenters. The maximum atomic E-state index is 12.7. The van der Waals surface area contributed by atoms with Gasteiger partial charge in [0.1, 0.15) is 11.5 Å². The molecule has 1 aromatic heterocycles. The van der Waals surface area contributed by atoms with Crippen LogP contribution in [0.2, 0.25) is 0 Å². The number of nitrogens with zero attached hydrogens (tertiary/aromatic N) is 2. The second kappa shape index (κ2) is 11.0. The minimum Gasteiger partial charge on any atom is -0.497 e. The van der Waals surface area contributed by atoms with Crippen molar-refractivity contribution in [2.45, 2.75) is 13.5 Å². The molecule has 1 heterocycles. The van der Waals surface area contributed by atoms with E-state index < -0.39 is 5.91 Å². The van der Waals surface area contributed by atoms with Crippen LogP contribution in [0.1, 0.15) is 17.3 Å². The molecule has 4 aromatic rings. The zero-order chi connectivity index (χ0) is 25.5. The fourth-order valence-electron chi connectivity index (χ4n) is 3.49. The second-order valence-electron chi connectivity index (χ2n) is 7.67. The smallest absolute Gasteiger partial charge is 0.269 e. The van der Waals surface area contributed by atoms with Crippen LogP contribution in [0, 0.1) is 0 Å². The third-order valence-corrected chi connectivity index (χ3v) is 5.31. The van der Waals surface area contributed by atoms with E-state index in [-0.39, 0.29) is 24.0 Å². The molecular weight excluding hydrogens is 462 g/mol. The first-order valence-corrected chi connectivity index (χ1v) is 11.2. The summed E-state index contributed by atoms with van der Waals surface area (Å²) in [5.41, 5.74) is 6.58. The topological polar surface area (TPSA) is 124 Å². The fourth-order valence-corrected chi connectivity index (χ4v) is 3.49. The summed E-state index contributed by atoms with van der Waals surface area (Å²) in [5, 5.41) is 3.23. The molecule has 0 spiro atoms. The molecule has 0 aliphatic carbocycles. The lowest BCUT2D eigenvalue weighted by Gasteiger charge is -2.14. The molecule has 0 fully saturated rings. The number of anilines is 2. The van der Waals surface area contributed by atoms with Gasteiger partial charge in [0.15, 0.2) is 6.61 Å². The molecule has 0 radical (unpaired) electrons. The summed E-state index contributed by atoms with van der Waals surface area (Å²) in [7, 11) is 1.55. The largest absolute Gasteiger partial charge is 0.497 e. The Kier molecular flexibility index (Phi) is 7.45. The number of hydrogen-bond donors (Lipinski definition) is 3. The maximum Gasteiger partial charge on any atom is 0.269 e. The van der Waals surface area contributed by atoms with E-state index in [2.05, 4.69) is 21.2 Å². The van der Waals surface area contributed by atoms with Gasteiger partial charge in [-0.3, -0.25) is 29.8 Å². The summed E-state index contributed by atoms with van der Waals surface area (Å²) >= 11 is 0. The van der Waals surface area contributed by atoms with Gasteiger partial charge >= 0.3 is 0 Å². The van der Waals surface area contributed by atoms with Crippen molar-refractivity contribution in [1.82, 2.24) is 15.0 Å². The van der Waals surface area contributed by atoms with E-state index in [0.717, 1.165) is 0 Å². The molecule has 2 amide bonds. The van der Waals surface area contributed by atoms with Crippen molar-refractivity contribution in [1.29, 1.82) is 0 Å². The number of hydrazine groups is 1. The van der Waals surface area contributed by atoms with Crippen LogP contribution in [0.5, 0.6) is 11.5 Å². The Morgan fingerprint density at radius 1 is 0.972 bits per heavy atom. The van der Waals surface area contributed by atoms with Crippen LogP contribution in [0.3, 0.4) is 0 Å². The van der Waals surface area contributed by atoms with E-state index >= 15 is 0 Å². The molecule has 0 bridgehead atoms. The highest BCUT2D eigenvalue weighted by Crippen LogP contribution is 2.17. The predicted octanol–water partition coefficient (Wildman–Crippen LogP) is 3.20. The first kappa shape index (κ1) is 24.3. The highest BCUT2D eigenvalue weighted by Gasteiger charge is 2.12. The number of nitrogens with one attached hydrogen (secondary N) is 3. The Balaban J connectivity index is 1.34. The molecule has 4 rings (SSSR count). The van der Waals surface area contributed by atoms with Crippen LogP contribution in [-0.4, -0.2) is 35.1 Å². The Morgan fingerprint density at radius 2 is 1.75 bits per heavy atom. The van der Waals surface area contributed by atoms with Crippen molar-refractivity contribution in [3.05, 3.63) is 88.7 Å². The number of rotatable bonds is 9. The molecule has 3 N–H and O–H groups in total. The van der Waals surface area contributed by atoms with Crippen LogP contribution >= 0.6 is 0 Å². The van der Waals surface area contributed by atoms with E-state index in [1.165, 1.54) is 4.57 Å². The molecule has 0 saturated heterocycles. The predicted molar refractivity (Wildman–Crippen MR) is 136 cm³/mol. The highest BCUT2D eigenvalue weighted by molar-refractivity contribution is 5.95. The van der Waals surface area contributed by atoms with E-state index in [9.17, 15) is 14.4 Å². The second-order valence-corrected chi connectivity index (χ2v) is 7.67. The van der Waals surface area contributed by atoms with Gasteiger partial charge in [0, 0.05) is 23.9 Å². The maximum absolute atomic E-state index is 12.7. The standard InChI is InChI=1S/C26H25N5O5/c1-3-31-25(34)21-9-4-5-10-22(21)28-26(31)30-29-24(33)17-11-13-19(14-12-17)36-16-23(32)27-18-7-6-8-20(15-18)35-2/h4-15H,3,16H2,1-2H3,(H,27,32)(H,28,30)(H,29,33).